The molecular weight excluding hydrogens is 216 g/mol. The first-order valence-electron chi connectivity index (χ1n) is 4.72. The summed E-state index contributed by atoms with van der Waals surface area (Å²) < 4.78 is 36.0. The first-order valence-corrected chi connectivity index (χ1v) is 6.22. The van der Waals surface area contributed by atoms with Gasteiger partial charge < -0.3 is 4.74 Å². The highest BCUT2D eigenvalue weighted by atomic mass is 32.2. The van der Waals surface area contributed by atoms with Gasteiger partial charge in [0, 0.05) is 6.42 Å². The molecule has 0 aliphatic rings. The molecule has 0 fully saturated rings. The van der Waals surface area contributed by atoms with Gasteiger partial charge in [0.1, 0.15) is 5.75 Å². The molecule has 0 aromatic heterocycles. The average molecular weight is 230 g/mol. The summed E-state index contributed by atoms with van der Waals surface area (Å²) in [7, 11) is -4.15. The highest BCUT2D eigenvalue weighted by molar-refractivity contribution is 7.86. The van der Waals surface area contributed by atoms with Gasteiger partial charge >= 0.3 is 10.1 Å². The van der Waals surface area contributed by atoms with Gasteiger partial charge in [-0.15, -0.1) is 0 Å². The molecule has 1 N–H and O–H groups in total. The van der Waals surface area contributed by atoms with Gasteiger partial charge in [0.2, 0.25) is 5.44 Å². The Bertz CT molecular complexity index is 385. The quantitative estimate of drug-likeness (QED) is 0.786. The molecule has 1 aromatic carbocycles. The number of para-hydroxylation sites is 1. The van der Waals surface area contributed by atoms with Crippen LogP contribution in [0.15, 0.2) is 30.3 Å². The number of benzene rings is 1. The van der Waals surface area contributed by atoms with E-state index in [0.29, 0.717) is 12.2 Å². The fraction of sp³-hybridized carbons (Fsp3) is 0.400. The maximum absolute atomic E-state index is 11.0. The fourth-order valence-corrected chi connectivity index (χ4v) is 1.92. The third kappa shape index (κ3) is 3.89. The summed E-state index contributed by atoms with van der Waals surface area (Å²) in [6.07, 6.45) is 0.894. The van der Waals surface area contributed by atoms with E-state index in [4.69, 9.17) is 9.29 Å². The van der Waals surface area contributed by atoms with Gasteiger partial charge in [0.05, 0.1) is 0 Å². The molecule has 5 heteroatoms. The molecule has 0 saturated heterocycles. The first-order chi connectivity index (χ1) is 7.04. The summed E-state index contributed by atoms with van der Waals surface area (Å²) >= 11 is 0. The molecule has 84 valence electrons. The van der Waals surface area contributed by atoms with Crippen LogP contribution in [0.4, 0.5) is 0 Å². The standard InChI is InChI=1S/C10H14O4S/c1-2-6-10(15(11,12)13)14-9-7-4-3-5-8-9/h3-5,7-8,10H,2,6H2,1H3,(H,11,12,13). The van der Waals surface area contributed by atoms with Gasteiger partial charge in [-0.05, 0) is 12.1 Å². The lowest BCUT2D eigenvalue weighted by atomic mass is 10.3. The minimum absolute atomic E-state index is 0.272. The van der Waals surface area contributed by atoms with Crippen LogP contribution in [-0.2, 0) is 10.1 Å². The van der Waals surface area contributed by atoms with Gasteiger partial charge in [-0.2, -0.15) is 8.42 Å². The summed E-state index contributed by atoms with van der Waals surface area (Å²) in [5.74, 6) is 0.438. The fourth-order valence-electron chi connectivity index (χ4n) is 1.16. The van der Waals surface area contributed by atoms with Crippen LogP contribution in [0.2, 0.25) is 0 Å². The van der Waals surface area contributed by atoms with Crippen molar-refractivity contribution in [3.05, 3.63) is 30.3 Å². The molecule has 0 aliphatic carbocycles. The van der Waals surface area contributed by atoms with Crippen LogP contribution in [0.5, 0.6) is 5.75 Å². The van der Waals surface area contributed by atoms with Gasteiger partial charge in [0.25, 0.3) is 0 Å². The molecule has 0 saturated carbocycles. The lowest BCUT2D eigenvalue weighted by Gasteiger charge is -2.15. The summed E-state index contributed by atoms with van der Waals surface area (Å²) in [6, 6.07) is 8.57. The Morgan fingerprint density at radius 2 is 1.93 bits per heavy atom. The molecular formula is C10H14O4S. The minimum atomic E-state index is -4.15. The van der Waals surface area contributed by atoms with Crippen molar-refractivity contribution in [2.45, 2.75) is 25.2 Å². The van der Waals surface area contributed by atoms with Crippen molar-refractivity contribution in [1.82, 2.24) is 0 Å². The van der Waals surface area contributed by atoms with Crippen LogP contribution in [0, 0.1) is 0 Å². The third-order valence-corrected chi connectivity index (χ3v) is 2.86. The van der Waals surface area contributed by atoms with Crippen LogP contribution >= 0.6 is 0 Å². The molecule has 1 rings (SSSR count). The molecule has 0 spiro atoms. The second kappa shape index (κ2) is 5.14. The van der Waals surface area contributed by atoms with Crippen molar-refractivity contribution >= 4 is 10.1 Å². The summed E-state index contributed by atoms with van der Waals surface area (Å²) in [5.41, 5.74) is -1.18. The van der Waals surface area contributed by atoms with E-state index in [0.717, 1.165) is 0 Å². The predicted octanol–water partition coefficient (Wildman–Crippen LogP) is 2.08. The van der Waals surface area contributed by atoms with E-state index in [1.165, 1.54) is 0 Å². The zero-order valence-corrected chi connectivity index (χ0v) is 9.28. The van der Waals surface area contributed by atoms with E-state index in [1.807, 2.05) is 6.92 Å². The first kappa shape index (κ1) is 12.0. The molecule has 15 heavy (non-hydrogen) atoms. The van der Waals surface area contributed by atoms with E-state index < -0.39 is 15.6 Å². The topological polar surface area (TPSA) is 63.6 Å². The van der Waals surface area contributed by atoms with E-state index in [1.54, 1.807) is 30.3 Å². The lowest BCUT2D eigenvalue weighted by Crippen LogP contribution is -2.26. The normalized spacial score (nSPS) is 13.5. The van der Waals surface area contributed by atoms with Crippen molar-refractivity contribution in [2.24, 2.45) is 0 Å². The summed E-state index contributed by atoms with van der Waals surface area (Å²) in [4.78, 5) is 0. The van der Waals surface area contributed by atoms with Gasteiger partial charge in [-0.1, -0.05) is 31.5 Å². The summed E-state index contributed by atoms with van der Waals surface area (Å²) in [5, 5.41) is 0. The van der Waals surface area contributed by atoms with Crippen LogP contribution in [0.25, 0.3) is 0 Å². The van der Waals surface area contributed by atoms with Gasteiger partial charge in [-0.25, -0.2) is 0 Å². The monoisotopic (exact) mass is 230 g/mol. The maximum Gasteiger partial charge on any atom is 0.303 e. The van der Waals surface area contributed by atoms with E-state index in [9.17, 15) is 8.42 Å². The van der Waals surface area contributed by atoms with Crippen molar-refractivity contribution in [1.29, 1.82) is 0 Å². The third-order valence-electron chi connectivity index (χ3n) is 1.87. The largest absolute Gasteiger partial charge is 0.472 e. The molecule has 0 heterocycles. The van der Waals surface area contributed by atoms with Gasteiger partial charge in [0.15, 0.2) is 0 Å². The second-order valence-electron chi connectivity index (χ2n) is 3.16. The molecule has 1 atom stereocenters. The van der Waals surface area contributed by atoms with Gasteiger partial charge in [-0.3, -0.25) is 4.55 Å². The second-order valence-corrected chi connectivity index (χ2v) is 4.72. The van der Waals surface area contributed by atoms with Crippen molar-refractivity contribution in [3.63, 3.8) is 0 Å². The Hall–Kier alpha value is -1.07. The predicted molar refractivity (Wildman–Crippen MR) is 57.3 cm³/mol. The summed E-state index contributed by atoms with van der Waals surface area (Å²) in [6.45, 7) is 1.83. The van der Waals surface area contributed by atoms with E-state index in [-0.39, 0.29) is 6.42 Å². The highest BCUT2D eigenvalue weighted by Gasteiger charge is 2.23. The smallest absolute Gasteiger partial charge is 0.303 e. The molecule has 0 bridgehead atoms. The molecule has 1 aromatic rings. The van der Waals surface area contributed by atoms with Crippen molar-refractivity contribution in [2.75, 3.05) is 0 Å². The molecule has 4 nitrogen and oxygen atoms in total. The van der Waals surface area contributed by atoms with Crippen LogP contribution in [-0.4, -0.2) is 18.4 Å². The zero-order valence-electron chi connectivity index (χ0n) is 8.46. The van der Waals surface area contributed by atoms with Crippen LogP contribution < -0.4 is 4.74 Å². The number of hydrogen-bond acceptors (Lipinski definition) is 3. The molecule has 0 radical (unpaired) electrons. The number of rotatable bonds is 5. The zero-order chi connectivity index (χ0) is 11.3. The van der Waals surface area contributed by atoms with Crippen LogP contribution in [0.3, 0.4) is 0 Å². The number of ether oxygens (including phenoxy) is 1. The molecule has 0 amide bonds. The molecule has 1 unspecified atom stereocenters. The maximum atomic E-state index is 11.0. The Labute approximate surface area is 89.6 Å². The van der Waals surface area contributed by atoms with Crippen molar-refractivity contribution < 1.29 is 17.7 Å². The number of hydrogen-bond donors (Lipinski definition) is 1. The Morgan fingerprint density at radius 3 is 2.40 bits per heavy atom. The van der Waals surface area contributed by atoms with Crippen LogP contribution in [0.1, 0.15) is 19.8 Å². The van der Waals surface area contributed by atoms with Crippen molar-refractivity contribution in [3.8, 4) is 5.75 Å². The Balaban J connectivity index is 2.76. The average Bonchev–Trinajstić information content (AvgIpc) is 2.17. The lowest BCUT2D eigenvalue weighted by molar-refractivity contribution is 0.245. The van der Waals surface area contributed by atoms with E-state index >= 15 is 0 Å². The Morgan fingerprint density at radius 1 is 1.33 bits per heavy atom. The Kier molecular flexibility index (Phi) is 4.11. The van der Waals surface area contributed by atoms with E-state index in [2.05, 4.69) is 0 Å². The molecule has 0 aliphatic heterocycles. The SMILES string of the molecule is CCCC(Oc1ccccc1)S(=O)(=O)O. The highest BCUT2D eigenvalue weighted by Crippen LogP contribution is 2.16. The minimum Gasteiger partial charge on any atom is -0.472 e.